The van der Waals surface area contributed by atoms with E-state index < -0.39 is 0 Å². The topological polar surface area (TPSA) is 83.0 Å². The molecule has 9 rings (SSSR count). The van der Waals surface area contributed by atoms with Gasteiger partial charge in [-0.15, -0.1) is 5.10 Å². The molecule has 5 aromatic rings. The van der Waals surface area contributed by atoms with Crippen molar-refractivity contribution >= 4 is 27.8 Å². The van der Waals surface area contributed by atoms with Crippen LogP contribution >= 0.6 is 0 Å². The molecule has 9 heteroatoms. The highest BCUT2D eigenvalue weighted by molar-refractivity contribution is 6.00. The van der Waals surface area contributed by atoms with Crippen LogP contribution in [0, 0.1) is 23.7 Å². The summed E-state index contributed by atoms with van der Waals surface area (Å²) >= 11 is 0. The first-order valence-corrected chi connectivity index (χ1v) is 14.9. The van der Waals surface area contributed by atoms with Gasteiger partial charge in [-0.25, -0.2) is 4.98 Å². The lowest BCUT2D eigenvalue weighted by Crippen LogP contribution is -2.53. The van der Waals surface area contributed by atoms with Crippen molar-refractivity contribution < 1.29 is 9.53 Å². The maximum atomic E-state index is 13.9. The number of amides is 1. The summed E-state index contributed by atoms with van der Waals surface area (Å²) in [6, 6.07) is 15.1. The van der Waals surface area contributed by atoms with E-state index in [2.05, 4.69) is 54.7 Å². The Bertz CT molecular complexity index is 1860. The summed E-state index contributed by atoms with van der Waals surface area (Å²) in [5, 5.41) is 9.78. The van der Waals surface area contributed by atoms with Crippen LogP contribution in [0.5, 0.6) is 5.75 Å². The molecule has 3 unspecified atom stereocenters. The quantitative estimate of drug-likeness (QED) is 0.294. The maximum absolute atomic E-state index is 13.9. The molecule has 41 heavy (non-hydrogen) atoms. The van der Waals surface area contributed by atoms with Crippen molar-refractivity contribution in [3.05, 3.63) is 59.9 Å². The number of fused-ring (bicyclic) bond motifs is 2. The summed E-state index contributed by atoms with van der Waals surface area (Å²) < 4.78 is 12.3. The third-order valence-electron chi connectivity index (χ3n) is 10.2. The van der Waals surface area contributed by atoms with E-state index in [4.69, 9.17) is 9.72 Å². The van der Waals surface area contributed by atoms with Crippen LogP contribution in [0.2, 0.25) is 0 Å². The first kappa shape index (κ1) is 23.6. The summed E-state index contributed by atoms with van der Waals surface area (Å²) in [4.78, 5) is 21.3. The number of nitrogens with zero attached hydrogens (tertiary/aromatic N) is 7. The van der Waals surface area contributed by atoms with E-state index >= 15 is 0 Å². The molecule has 1 saturated heterocycles. The molecule has 0 radical (unpaired) electrons. The number of benzene rings is 2. The number of para-hydroxylation sites is 1. The van der Waals surface area contributed by atoms with Gasteiger partial charge in [0.15, 0.2) is 5.82 Å². The van der Waals surface area contributed by atoms with Crippen molar-refractivity contribution in [3.63, 3.8) is 0 Å². The Morgan fingerprint density at radius 3 is 2.71 bits per heavy atom. The molecular weight excluding hydrogens is 514 g/mol. The Hall–Kier alpha value is -4.14. The molecule has 3 saturated carbocycles. The second kappa shape index (κ2) is 8.44. The number of methoxy groups -OCH3 is 1. The molecule has 0 N–H and O–H groups in total. The molecule has 4 fully saturated rings. The van der Waals surface area contributed by atoms with E-state index in [9.17, 15) is 4.79 Å². The van der Waals surface area contributed by atoms with Crippen molar-refractivity contribution in [1.82, 2.24) is 34.0 Å². The van der Waals surface area contributed by atoms with Gasteiger partial charge < -0.3 is 18.8 Å². The lowest BCUT2D eigenvalue weighted by Gasteiger charge is -2.52. The van der Waals surface area contributed by atoms with Crippen molar-refractivity contribution in [1.29, 1.82) is 0 Å². The fraction of sp³-hybridized carbons (Fsp3) is 0.438. The molecule has 9 nitrogen and oxygen atoms in total. The average Bonchev–Trinajstić information content (AvgIpc) is 3.43. The van der Waals surface area contributed by atoms with Crippen LogP contribution in [-0.2, 0) is 20.1 Å². The van der Waals surface area contributed by atoms with E-state index in [1.165, 1.54) is 30.2 Å². The molecule has 1 amide bonds. The first-order valence-electron chi connectivity index (χ1n) is 14.9. The summed E-state index contributed by atoms with van der Waals surface area (Å²) in [5.74, 6) is 4.59. The normalized spacial score (nSPS) is 24.5. The molecule has 4 aliphatic rings. The van der Waals surface area contributed by atoms with Crippen LogP contribution in [0.1, 0.15) is 41.7 Å². The molecule has 1 aliphatic heterocycles. The van der Waals surface area contributed by atoms with E-state index in [1.54, 1.807) is 11.8 Å². The minimum absolute atomic E-state index is 0.107. The fourth-order valence-corrected chi connectivity index (χ4v) is 8.00. The zero-order chi connectivity index (χ0) is 27.4. The Morgan fingerprint density at radius 2 is 1.95 bits per heavy atom. The van der Waals surface area contributed by atoms with Gasteiger partial charge in [-0.3, -0.25) is 9.48 Å². The third-order valence-corrected chi connectivity index (χ3v) is 10.2. The number of aryl methyl sites for hydroxylation is 1. The van der Waals surface area contributed by atoms with Gasteiger partial charge in [-0.2, -0.15) is 0 Å². The second-order valence-electron chi connectivity index (χ2n) is 12.7. The monoisotopic (exact) mass is 547 g/mol. The van der Waals surface area contributed by atoms with Crippen LogP contribution < -0.4 is 4.74 Å². The zero-order valence-corrected chi connectivity index (χ0v) is 23.4. The molecule has 3 aliphatic carbocycles. The standard InChI is InChI=1S/C32H33N7O2/c1-36-16-23(34-35-36)17-39-30-24(33-31(39)27-11-19-5-3-4-6-25(19)37(27)14-18-7-8-18)10-21(13-28(30)41-2)32(40)38-15-22-9-20-12-26(38)29(20)22/h3-6,10-11,13,16,18,20,22,26,29H,7-9,12,14-15,17H2,1-2H3/t20?,22?,26?,29-/m1/s1. The van der Waals surface area contributed by atoms with Gasteiger partial charge in [0, 0.05) is 48.8 Å². The molecule has 0 spiro atoms. The highest BCUT2D eigenvalue weighted by Crippen LogP contribution is 2.60. The number of carbonyl (C=O) groups excluding carboxylic acids is 1. The molecule has 2 aromatic carbocycles. The van der Waals surface area contributed by atoms with Crippen molar-refractivity contribution in [2.75, 3.05) is 13.7 Å². The van der Waals surface area contributed by atoms with Crippen LogP contribution in [0.4, 0.5) is 0 Å². The number of hydrogen-bond donors (Lipinski definition) is 0. The van der Waals surface area contributed by atoms with Gasteiger partial charge in [-0.1, -0.05) is 23.4 Å². The molecule has 208 valence electrons. The highest BCUT2D eigenvalue weighted by Gasteiger charge is 2.61. The smallest absolute Gasteiger partial charge is 0.254 e. The van der Waals surface area contributed by atoms with Crippen LogP contribution in [0.15, 0.2) is 48.7 Å². The Morgan fingerprint density at radius 1 is 1.07 bits per heavy atom. The Labute approximate surface area is 237 Å². The molecular formula is C32H33N7O2. The summed E-state index contributed by atoms with van der Waals surface area (Å²) in [7, 11) is 3.56. The first-order chi connectivity index (χ1) is 20.1. The molecule has 3 aromatic heterocycles. The Balaban J connectivity index is 1.22. The van der Waals surface area contributed by atoms with Crippen LogP contribution in [0.3, 0.4) is 0 Å². The number of rotatable bonds is 7. The van der Waals surface area contributed by atoms with E-state index in [0.29, 0.717) is 35.7 Å². The maximum Gasteiger partial charge on any atom is 0.254 e. The van der Waals surface area contributed by atoms with Gasteiger partial charge in [0.25, 0.3) is 5.91 Å². The SMILES string of the molecule is COc1cc(C(=O)N2CC3CC4CC2[C@H]43)cc2nc(-c3cc4ccccc4n3CC3CC3)n(Cc3cn(C)nn3)c12. The van der Waals surface area contributed by atoms with Crippen molar-refractivity contribution in [2.45, 2.75) is 44.8 Å². The van der Waals surface area contributed by atoms with Gasteiger partial charge in [0.2, 0.25) is 0 Å². The van der Waals surface area contributed by atoms with Gasteiger partial charge in [0.1, 0.15) is 17.0 Å². The predicted octanol–water partition coefficient (Wildman–Crippen LogP) is 4.73. The predicted molar refractivity (Wildman–Crippen MR) is 155 cm³/mol. The van der Waals surface area contributed by atoms with Gasteiger partial charge in [0.05, 0.1) is 24.9 Å². The van der Waals surface area contributed by atoms with E-state index in [1.807, 2.05) is 25.4 Å². The molecule has 4 atom stereocenters. The number of carbonyl (C=O) groups is 1. The van der Waals surface area contributed by atoms with Gasteiger partial charge in [-0.05, 0) is 73.6 Å². The minimum Gasteiger partial charge on any atom is -0.494 e. The van der Waals surface area contributed by atoms with Crippen molar-refractivity contribution in [3.8, 4) is 17.3 Å². The third kappa shape index (κ3) is 3.47. The van der Waals surface area contributed by atoms with Gasteiger partial charge >= 0.3 is 0 Å². The van der Waals surface area contributed by atoms with E-state index in [0.717, 1.165) is 59.6 Å². The lowest BCUT2D eigenvalue weighted by atomic mass is 9.53. The summed E-state index contributed by atoms with van der Waals surface area (Å²) in [6.45, 7) is 2.35. The molecule has 4 heterocycles. The largest absolute Gasteiger partial charge is 0.494 e. The number of aromatic nitrogens is 6. The summed E-state index contributed by atoms with van der Waals surface area (Å²) in [6.07, 6.45) is 6.92. The van der Waals surface area contributed by atoms with Crippen LogP contribution in [0.25, 0.3) is 33.5 Å². The molecule has 0 bridgehead atoms. The summed E-state index contributed by atoms with van der Waals surface area (Å²) in [5.41, 5.74) is 5.43. The zero-order valence-electron chi connectivity index (χ0n) is 23.4. The lowest BCUT2D eigenvalue weighted by molar-refractivity contribution is -0.0204. The number of likely N-dealkylation sites (tertiary alicyclic amines) is 1. The van der Waals surface area contributed by atoms with E-state index in [-0.39, 0.29) is 5.91 Å². The number of ether oxygens (including phenoxy) is 1. The highest BCUT2D eigenvalue weighted by atomic mass is 16.5. The van der Waals surface area contributed by atoms with Crippen molar-refractivity contribution in [2.24, 2.45) is 30.7 Å². The number of imidazole rings is 1. The number of hydrogen-bond acceptors (Lipinski definition) is 5. The fourth-order valence-electron chi connectivity index (χ4n) is 8.00. The second-order valence-corrected chi connectivity index (χ2v) is 12.7. The van der Waals surface area contributed by atoms with Crippen LogP contribution in [-0.4, -0.2) is 59.6 Å². The average molecular weight is 548 g/mol. The Kier molecular flexibility index (Phi) is 4.85. The minimum atomic E-state index is 0.107.